The molecule has 2 aromatic rings. The first-order valence-corrected chi connectivity index (χ1v) is 7.82. The molecule has 1 amide bonds. The summed E-state index contributed by atoms with van der Waals surface area (Å²) in [5.74, 6) is 0.425. The van der Waals surface area contributed by atoms with Crippen LogP contribution in [0.3, 0.4) is 0 Å². The van der Waals surface area contributed by atoms with Crippen LogP contribution >= 0.6 is 39.1 Å². The van der Waals surface area contributed by atoms with Crippen molar-refractivity contribution >= 4 is 45.0 Å². The predicted octanol–water partition coefficient (Wildman–Crippen LogP) is 4.31. The van der Waals surface area contributed by atoms with Gasteiger partial charge in [0.2, 0.25) is 0 Å². The van der Waals surface area contributed by atoms with Gasteiger partial charge in [0.15, 0.2) is 0 Å². The van der Waals surface area contributed by atoms with E-state index in [4.69, 9.17) is 38.4 Å². The molecule has 0 heterocycles. The van der Waals surface area contributed by atoms with Gasteiger partial charge in [-0.1, -0.05) is 23.2 Å². The van der Waals surface area contributed by atoms with Gasteiger partial charge in [-0.3, -0.25) is 4.79 Å². The van der Waals surface area contributed by atoms with Crippen LogP contribution in [0.15, 0.2) is 40.9 Å². The molecule has 0 aliphatic rings. The lowest BCUT2D eigenvalue weighted by Gasteiger charge is -2.12. The maximum Gasteiger partial charge on any atom is 0.252 e. The molecule has 0 aliphatic carbocycles. The molecule has 22 heavy (non-hydrogen) atoms. The van der Waals surface area contributed by atoms with Crippen LogP contribution in [-0.2, 0) is 0 Å². The molecular weight excluding hydrogens is 393 g/mol. The highest BCUT2D eigenvalue weighted by Crippen LogP contribution is 2.28. The fraction of sp³-hybridized carbons (Fsp3) is 0.133. The second kappa shape index (κ2) is 7.72. The Morgan fingerprint density at radius 2 is 1.55 bits per heavy atom. The molecule has 0 aromatic heterocycles. The minimum absolute atomic E-state index is 0.236. The van der Waals surface area contributed by atoms with E-state index in [9.17, 15) is 4.79 Å². The van der Waals surface area contributed by atoms with E-state index in [0.717, 1.165) is 4.47 Å². The summed E-state index contributed by atoms with van der Waals surface area (Å²) < 4.78 is 11.8. The van der Waals surface area contributed by atoms with Crippen molar-refractivity contribution in [2.45, 2.75) is 0 Å². The van der Waals surface area contributed by atoms with Crippen LogP contribution < -0.4 is 15.2 Å². The van der Waals surface area contributed by atoms with Crippen molar-refractivity contribution in [3.63, 3.8) is 0 Å². The van der Waals surface area contributed by atoms with E-state index in [1.54, 1.807) is 30.3 Å². The van der Waals surface area contributed by atoms with Crippen LogP contribution in [0.1, 0.15) is 10.4 Å². The molecule has 0 bridgehead atoms. The molecule has 2 aromatic carbocycles. The number of hydrogen-bond acceptors (Lipinski definition) is 3. The summed E-state index contributed by atoms with van der Waals surface area (Å²) in [5, 5.41) is 1.03. The topological polar surface area (TPSA) is 61.6 Å². The molecule has 2 N–H and O–H groups in total. The Kier molecular flexibility index (Phi) is 5.94. The third-order valence-corrected chi connectivity index (χ3v) is 3.79. The lowest BCUT2D eigenvalue weighted by Crippen LogP contribution is -2.15. The van der Waals surface area contributed by atoms with Crippen molar-refractivity contribution in [2.75, 3.05) is 13.2 Å². The first-order chi connectivity index (χ1) is 10.5. The summed E-state index contributed by atoms with van der Waals surface area (Å²) in [6.07, 6.45) is 0. The quantitative estimate of drug-likeness (QED) is 0.729. The number of carbonyl (C=O) groups excluding carboxylic acids is 1. The van der Waals surface area contributed by atoms with Gasteiger partial charge in [0.1, 0.15) is 24.7 Å². The largest absolute Gasteiger partial charge is 0.489 e. The minimum Gasteiger partial charge on any atom is -0.489 e. The van der Waals surface area contributed by atoms with Crippen LogP contribution in [0.2, 0.25) is 10.0 Å². The summed E-state index contributed by atoms with van der Waals surface area (Å²) in [5.41, 5.74) is 5.52. The Balaban J connectivity index is 1.93. The van der Waals surface area contributed by atoms with Crippen molar-refractivity contribution in [3.8, 4) is 11.5 Å². The summed E-state index contributed by atoms with van der Waals surface area (Å²) >= 11 is 15.0. The number of carbonyl (C=O) groups is 1. The monoisotopic (exact) mass is 403 g/mol. The highest BCUT2D eigenvalue weighted by molar-refractivity contribution is 9.10. The average molecular weight is 405 g/mol. The van der Waals surface area contributed by atoms with Gasteiger partial charge in [-0.05, 0) is 52.3 Å². The van der Waals surface area contributed by atoms with Gasteiger partial charge < -0.3 is 15.2 Å². The molecule has 0 spiro atoms. The van der Waals surface area contributed by atoms with Crippen molar-refractivity contribution in [1.82, 2.24) is 0 Å². The predicted molar refractivity (Wildman–Crippen MR) is 90.1 cm³/mol. The molecule has 0 radical (unpaired) electrons. The molecule has 4 nitrogen and oxygen atoms in total. The number of ether oxygens (including phenoxy) is 2. The van der Waals surface area contributed by atoms with Gasteiger partial charge >= 0.3 is 0 Å². The van der Waals surface area contributed by atoms with Gasteiger partial charge in [-0.15, -0.1) is 0 Å². The summed E-state index contributed by atoms with van der Waals surface area (Å²) in [6.45, 7) is 0.540. The molecule has 0 fully saturated rings. The molecule has 2 rings (SSSR count). The number of rotatable bonds is 6. The van der Waals surface area contributed by atoms with E-state index >= 15 is 0 Å². The molecule has 0 atom stereocenters. The second-order valence-electron chi connectivity index (χ2n) is 4.28. The number of halogens is 3. The third kappa shape index (κ3) is 4.53. The Hall–Kier alpha value is -1.43. The van der Waals surface area contributed by atoms with Crippen molar-refractivity contribution in [1.29, 1.82) is 0 Å². The summed E-state index contributed by atoms with van der Waals surface area (Å²) in [7, 11) is 0. The lowest BCUT2D eigenvalue weighted by atomic mass is 10.2. The van der Waals surface area contributed by atoms with Crippen LogP contribution in [0.5, 0.6) is 11.5 Å². The van der Waals surface area contributed by atoms with E-state index in [1.165, 1.54) is 6.07 Å². The van der Waals surface area contributed by atoms with Crippen molar-refractivity contribution in [2.24, 2.45) is 5.73 Å². The fourth-order valence-corrected chi connectivity index (χ4v) is 2.69. The van der Waals surface area contributed by atoms with E-state index in [1.807, 2.05) is 0 Å². The van der Waals surface area contributed by atoms with Crippen LogP contribution in [-0.4, -0.2) is 19.1 Å². The maximum absolute atomic E-state index is 11.3. The molecule has 0 aliphatic heterocycles. The Labute approximate surface area is 146 Å². The first-order valence-electron chi connectivity index (χ1n) is 6.27. The second-order valence-corrected chi connectivity index (χ2v) is 6.00. The zero-order valence-corrected chi connectivity index (χ0v) is 14.4. The molecular formula is C15H12BrCl2NO3. The normalized spacial score (nSPS) is 10.3. The number of primary amides is 1. The van der Waals surface area contributed by atoms with Gasteiger partial charge in [0.25, 0.3) is 5.91 Å². The lowest BCUT2D eigenvalue weighted by molar-refractivity contribution is 0.0995. The van der Waals surface area contributed by atoms with E-state index in [2.05, 4.69) is 15.9 Å². The molecule has 116 valence electrons. The van der Waals surface area contributed by atoms with E-state index < -0.39 is 5.91 Å². The molecule has 0 saturated carbocycles. The smallest absolute Gasteiger partial charge is 0.252 e. The average Bonchev–Trinajstić information content (AvgIpc) is 2.46. The molecule has 7 heteroatoms. The zero-order valence-electron chi connectivity index (χ0n) is 11.3. The third-order valence-electron chi connectivity index (χ3n) is 2.70. The van der Waals surface area contributed by atoms with Gasteiger partial charge in [-0.25, -0.2) is 0 Å². The van der Waals surface area contributed by atoms with Crippen LogP contribution in [0.4, 0.5) is 0 Å². The van der Waals surface area contributed by atoms with Crippen LogP contribution in [0.25, 0.3) is 0 Å². The Morgan fingerprint density at radius 3 is 2.14 bits per heavy atom. The summed E-state index contributed by atoms with van der Waals surface area (Å²) in [6, 6.07) is 9.91. The standard InChI is InChI=1S/C15H12BrCl2NO3/c16-12-8-10(18)2-4-14(12)22-6-5-21-13-3-1-9(17)7-11(13)15(19)20/h1-4,7-8H,5-6H2,(H2,19,20). The number of amides is 1. The minimum atomic E-state index is -0.598. The molecule has 0 unspecified atom stereocenters. The Morgan fingerprint density at radius 1 is 1.00 bits per heavy atom. The van der Waals surface area contributed by atoms with Gasteiger partial charge in [-0.2, -0.15) is 0 Å². The number of nitrogens with two attached hydrogens (primary N) is 1. The van der Waals surface area contributed by atoms with E-state index in [0.29, 0.717) is 28.2 Å². The van der Waals surface area contributed by atoms with Gasteiger partial charge in [0.05, 0.1) is 10.0 Å². The van der Waals surface area contributed by atoms with Gasteiger partial charge in [0, 0.05) is 10.0 Å². The van der Waals surface area contributed by atoms with E-state index in [-0.39, 0.29) is 12.2 Å². The maximum atomic E-state index is 11.3. The highest BCUT2D eigenvalue weighted by atomic mass is 79.9. The highest BCUT2D eigenvalue weighted by Gasteiger charge is 2.10. The Bertz CT molecular complexity index is 694. The zero-order chi connectivity index (χ0) is 16.1. The SMILES string of the molecule is NC(=O)c1cc(Cl)ccc1OCCOc1ccc(Cl)cc1Br. The number of hydrogen-bond donors (Lipinski definition) is 1. The molecule has 0 saturated heterocycles. The van der Waals surface area contributed by atoms with Crippen molar-refractivity contribution < 1.29 is 14.3 Å². The first kappa shape index (κ1) is 16.9. The van der Waals surface area contributed by atoms with Crippen LogP contribution in [0, 0.1) is 0 Å². The number of benzene rings is 2. The summed E-state index contributed by atoms with van der Waals surface area (Å²) in [4.78, 5) is 11.3. The fourth-order valence-electron chi connectivity index (χ4n) is 1.72. The van der Waals surface area contributed by atoms with Crippen molar-refractivity contribution in [3.05, 3.63) is 56.5 Å².